The molecule has 208 valence electrons. The Labute approximate surface area is 218 Å². The molecule has 0 fully saturated rings. The lowest BCUT2D eigenvalue weighted by molar-refractivity contribution is -0.140. The zero-order valence-electron chi connectivity index (χ0n) is 23.2. The van der Waals surface area contributed by atoms with Gasteiger partial charge in [0.1, 0.15) is 6.61 Å². The van der Waals surface area contributed by atoms with Crippen LogP contribution in [0.25, 0.3) is 0 Å². The molecular formula is C27H48N2O7. The average Bonchev–Trinajstić information content (AvgIpc) is 2.84. The summed E-state index contributed by atoms with van der Waals surface area (Å²) < 4.78 is 14.3. The van der Waals surface area contributed by atoms with E-state index in [2.05, 4.69) is 50.6 Å². The minimum atomic E-state index is -0.481. The molecule has 0 aromatic heterocycles. The predicted octanol–water partition coefficient (Wildman–Crippen LogP) is 3.99. The second kappa shape index (κ2) is 29.8. The van der Waals surface area contributed by atoms with Gasteiger partial charge in [-0.2, -0.15) is 0 Å². The molecule has 1 atom stereocenters. The molecule has 0 radical (unpaired) electrons. The quantitative estimate of drug-likeness (QED) is 0.210. The first-order valence-electron chi connectivity index (χ1n) is 11.8. The highest BCUT2D eigenvalue weighted by Crippen LogP contribution is 2.12. The maximum atomic E-state index is 10.8. The summed E-state index contributed by atoms with van der Waals surface area (Å²) in [5.74, 6) is -0.946. The lowest BCUT2D eigenvalue weighted by Crippen LogP contribution is -2.20. The molecule has 1 unspecified atom stereocenters. The van der Waals surface area contributed by atoms with E-state index in [9.17, 15) is 19.2 Å². The van der Waals surface area contributed by atoms with E-state index in [1.54, 1.807) is 13.8 Å². The number of unbranched alkanes of at least 4 members (excludes halogenated alkanes) is 1. The first-order chi connectivity index (χ1) is 16.9. The van der Waals surface area contributed by atoms with Crippen LogP contribution in [0.1, 0.15) is 53.4 Å². The third kappa shape index (κ3) is 38.1. The first kappa shape index (κ1) is 40.0. The Kier molecular flexibility index (Phi) is 33.1. The van der Waals surface area contributed by atoms with Crippen LogP contribution in [0.15, 0.2) is 50.1 Å². The van der Waals surface area contributed by atoms with Gasteiger partial charge < -0.3 is 24.8 Å². The molecule has 0 saturated carbocycles. The van der Waals surface area contributed by atoms with E-state index in [0.717, 1.165) is 31.5 Å². The standard InChI is InChI=1S/C11H20O2.C8H15NO2.C5H8O2.C3H5NO/c1-4-7-8-10(5-2)9-13-11(12)6-3;1-7(2)8(10)11-6-5-9(3)4;1-3-5(6)7-4-2;1-2-3(4)5/h6,10H,3-5,7-9H2,1-2H3;1,5-6H2,2-4H3;3H,1,4H2,2H3;2H,1H2,(H2,4,5). The van der Waals surface area contributed by atoms with Gasteiger partial charge in [-0.05, 0) is 46.4 Å². The van der Waals surface area contributed by atoms with Crippen LogP contribution < -0.4 is 5.73 Å². The molecule has 9 heteroatoms. The number of carbonyl (C=O) groups excluding carboxylic acids is 4. The lowest BCUT2D eigenvalue weighted by atomic mass is 10.0. The highest BCUT2D eigenvalue weighted by atomic mass is 16.5. The van der Waals surface area contributed by atoms with E-state index in [4.69, 9.17) is 9.47 Å². The second-order valence-electron chi connectivity index (χ2n) is 7.53. The van der Waals surface area contributed by atoms with Gasteiger partial charge in [-0.25, -0.2) is 14.4 Å². The van der Waals surface area contributed by atoms with Crippen molar-refractivity contribution in [2.75, 3.05) is 40.5 Å². The SMILES string of the molecule is C=C(C)C(=O)OCCN(C)C.C=CC(=O)OCC.C=CC(=O)OCC(CC)CCCC.C=CC(N)=O. The van der Waals surface area contributed by atoms with Crippen molar-refractivity contribution in [1.82, 2.24) is 4.90 Å². The minimum absolute atomic E-state index is 0.310. The summed E-state index contributed by atoms with van der Waals surface area (Å²) in [7, 11) is 3.85. The summed E-state index contributed by atoms with van der Waals surface area (Å²) in [6.45, 7) is 22.9. The number of rotatable bonds is 14. The van der Waals surface area contributed by atoms with Gasteiger partial charge in [0, 0.05) is 24.3 Å². The van der Waals surface area contributed by atoms with E-state index in [-0.39, 0.29) is 17.9 Å². The van der Waals surface area contributed by atoms with Crippen LogP contribution in [0, 0.1) is 5.92 Å². The molecule has 0 spiro atoms. The summed E-state index contributed by atoms with van der Waals surface area (Å²) in [5.41, 5.74) is 4.98. The summed E-state index contributed by atoms with van der Waals surface area (Å²) in [5, 5.41) is 0. The largest absolute Gasteiger partial charge is 0.463 e. The van der Waals surface area contributed by atoms with Crippen molar-refractivity contribution >= 4 is 23.8 Å². The zero-order chi connectivity index (χ0) is 28.9. The second-order valence-corrected chi connectivity index (χ2v) is 7.53. The van der Waals surface area contributed by atoms with Crippen LogP contribution in [-0.2, 0) is 33.4 Å². The first-order valence-corrected chi connectivity index (χ1v) is 11.8. The summed E-state index contributed by atoms with van der Waals surface area (Å²) in [4.78, 5) is 43.0. The Balaban J connectivity index is -0.000000201. The summed E-state index contributed by atoms with van der Waals surface area (Å²) in [6, 6.07) is 0. The number of likely N-dealkylation sites (N-methyl/N-ethyl adjacent to an activating group) is 1. The van der Waals surface area contributed by atoms with E-state index in [1.807, 2.05) is 19.0 Å². The van der Waals surface area contributed by atoms with Gasteiger partial charge in [-0.15, -0.1) is 0 Å². The Morgan fingerprint density at radius 1 is 0.917 bits per heavy atom. The smallest absolute Gasteiger partial charge is 0.333 e. The molecule has 0 aliphatic rings. The number of primary amides is 1. The predicted molar refractivity (Wildman–Crippen MR) is 145 cm³/mol. The Morgan fingerprint density at radius 2 is 1.42 bits per heavy atom. The van der Waals surface area contributed by atoms with Crippen LogP contribution in [0.2, 0.25) is 0 Å². The summed E-state index contributed by atoms with van der Waals surface area (Å²) >= 11 is 0. The van der Waals surface area contributed by atoms with Gasteiger partial charge in [0.25, 0.3) is 0 Å². The normalized spacial score (nSPS) is 9.75. The molecule has 0 aromatic carbocycles. The molecule has 1 amide bonds. The molecule has 0 aliphatic carbocycles. The molecule has 0 saturated heterocycles. The number of nitrogens with two attached hydrogens (primary N) is 1. The van der Waals surface area contributed by atoms with Gasteiger partial charge in [0.15, 0.2) is 0 Å². The van der Waals surface area contributed by atoms with Crippen molar-refractivity contribution < 1.29 is 33.4 Å². The van der Waals surface area contributed by atoms with Gasteiger partial charge in [-0.3, -0.25) is 4.79 Å². The van der Waals surface area contributed by atoms with E-state index in [0.29, 0.717) is 31.3 Å². The number of carbonyl (C=O) groups is 4. The van der Waals surface area contributed by atoms with E-state index in [1.165, 1.54) is 18.9 Å². The average molecular weight is 513 g/mol. The van der Waals surface area contributed by atoms with Gasteiger partial charge >= 0.3 is 17.9 Å². The highest BCUT2D eigenvalue weighted by Gasteiger charge is 2.07. The number of hydrogen-bond acceptors (Lipinski definition) is 8. The topological polar surface area (TPSA) is 125 Å². The molecule has 0 heterocycles. The van der Waals surface area contributed by atoms with E-state index < -0.39 is 5.91 Å². The lowest BCUT2D eigenvalue weighted by Gasteiger charge is -2.13. The molecule has 0 bridgehead atoms. The van der Waals surface area contributed by atoms with Crippen LogP contribution in [0.5, 0.6) is 0 Å². The number of ether oxygens (including phenoxy) is 3. The highest BCUT2D eigenvalue weighted by molar-refractivity contribution is 5.87. The van der Waals surface area contributed by atoms with Crippen LogP contribution >= 0.6 is 0 Å². The maximum Gasteiger partial charge on any atom is 0.333 e. The third-order valence-corrected chi connectivity index (χ3v) is 3.95. The van der Waals surface area contributed by atoms with Crippen LogP contribution in [-0.4, -0.2) is 69.2 Å². The van der Waals surface area contributed by atoms with Crippen molar-refractivity contribution in [2.45, 2.75) is 53.4 Å². The van der Waals surface area contributed by atoms with Gasteiger partial charge in [-0.1, -0.05) is 59.4 Å². The Bertz CT molecular complexity index is 659. The number of amides is 1. The third-order valence-electron chi connectivity index (χ3n) is 3.95. The number of hydrogen-bond donors (Lipinski definition) is 1. The fourth-order valence-corrected chi connectivity index (χ4v) is 1.80. The van der Waals surface area contributed by atoms with Crippen molar-refractivity contribution in [2.24, 2.45) is 11.7 Å². The van der Waals surface area contributed by atoms with Crippen LogP contribution in [0.4, 0.5) is 0 Å². The monoisotopic (exact) mass is 512 g/mol. The molecule has 0 aliphatic heterocycles. The van der Waals surface area contributed by atoms with Gasteiger partial charge in [0.2, 0.25) is 5.91 Å². The molecule has 9 nitrogen and oxygen atoms in total. The van der Waals surface area contributed by atoms with Crippen molar-refractivity contribution in [3.05, 3.63) is 50.1 Å². The van der Waals surface area contributed by atoms with Gasteiger partial charge in [0.05, 0.1) is 13.2 Å². The van der Waals surface area contributed by atoms with Crippen molar-refractivity contribution in [3.8, 4) is 0 Å². The molecular weight excluding hydrogens is 464 g/mol. The summed E-state index contributed by atoms with van der Waals surface area (Å²) in [6.07, 6.45) is 8.05. The Hall–Kier alpha value is -3.20. The minimum Gasteiger partial charge on any atom is -0.463 e. The van der Waals surface area contributed by atoms with E-state index >= 15 is 0 Å². The van der Waals surface area contributed by atoms with Crippen LogP contribution in [0.3, 0.4) is 0 Å². The molecule has 36 heavy (non-hydrogen) atoms. The molecule has 0 aromatic rings. The maximum absolute atomic E-state index is 10.8. The number of esters is 3. The Morgan fingerprint density at radius 3 is 1.72 bits per heavy atom. The van der Waals surface area contributed by atoms with Crippen molar-refractivity contribution in [1.29, 1.82) is 0 Å². The fraction of sp³-hybridized carbons (Fsp3) is 0.556. The van der Waals surface area contributed by atoms with Crippen molar-refractivity contribution in [3.63, 3.8) is 0 Å². The molecule has 2 N–H and O–H groups in total. The number of nitrogens with zero attached hydrogens (tertiary/aromatic N) is 1. The zero-order valence-corrected chi connectivity index (χ0v) is 23.2. The molecule has 0 rings (SSSR count). The fourth-order valence-electron chi connectivity index (χ4n) is 1.80.